The van der Waals surface area contributed by atoms with Crippen LogP contribution >= 0.6 is 11.6 Å². The number of carbonyl (C=O) groups excluding carboxylic acids is 2. The molecule has 29 heavy (non-hydrogen) atoms. The second kappa shape index (κ2) is 8.29. The number of rotatable bonds is 4. The van der Waals surface area contributed by atoms with Crippen LogP contribution in [0.25, 0.3) is 0 Å². The molecule has 1 heterocycles. The molecule has 0 spiro atoms. The largest absolute Gasteiger partial charge is 0.444 e. The summed E-state index contributed by atoms with van der Waals surface area (Å²) >= 11 is 6.26. The summed E-state index contributed by atoms with van der Waals surface area (Å²) in [5.74, 6) is -0.0653. The van der Waals surface area contributed by atoms with Gasteiger partial charge >= 0.3 is 6.09 Å². The van der Waals surface area contributed by atoms with E-state index < -0.39 is 17.6 Å². The van der Waals surface area contributed by atoms with E-state index in [1.165, 1.54) is 12.3 Å². The van der Waals surface area contributed by atoms with Gasteiger partial charge in [-0.05, 0) is 69.4 Å². The van der Waals surface area contributed by atoms with Crippen LogP contribution in [0.15, 0.2) is 30.5 Å². The summed E-state index contributed by atoms with van der Waals surface area (Å²) in [5.41, 5.74) is 7.95. The molecule has 2 amide bonds. The highest BCUT2D eigenvalue weighted by Crippen LogP contribution is 2.35. The second-order valence-corrected chi connectivity index (χ2v) is 8.46. The number of aryl methyl sites for hydroxylation is 1. The van der Waals surface area contributed by atoms with E-state index in [4.69, 9.17) is 22.1 Å². The lowest BCUT2D eigenvalue weighted by molar-refractivity contribution is 0.0635. The van der Waals surface area contributed by atoms with Gasteiger partial charge in [0.15, 0.2) is 0 Å². The third-order valence-electron chi connectivity index (χ3n) is 4.54. The minimum Gasteiger partial charge on any atom is -0.444 e. The Labute approximate surface area is 175 Å². The van der Waals surface area contributed by atoms with Crippen molar-refractivity contribution in [1.29, 1.82) is 0 Å². The summed E-state index contributed by atoms with van der Waals surface area (Å²) < 4.78 is 5.31. The molecule has 1 aromatic carbocycles. The fraction of sp³-hybridized carbons (Fsp3) is 0.381. The minimum atomic E-state index is -0.570. The number of aromatic nitrogens is 1. The lowest BCUT2D eigenvalue weighted by Gasteiger charge is -2.28. The van der Waals surface area contributed by atoms with Crippen molar-refractivity contribution < 1.29 is 14.3 Å². The number of amides is 2. The third kappa shape index (κ3) is 5.38. The number of fused-ring (bicyclic) bond motifs is 1. The number of pyridine rings is 1. The second-order valence-electron chi connectivity index (χ2n) is 8.05. The zero-order chi connectivity index (χ0) is 21.2. The van der Waals surface area contributed by atoms with E-state index in [1.807, 2.05) is 39.0 Å². The van der Waals surface area contributed by atoms with E-state index >= 15 is 0 Å². The first-order valence-electron chi connectivity index (χ1n) is 9.47. The summed E-state index contributed by atoms with van der Waals surface area (Å²) in [7, 11) is 0. The van der Waals surface area contributed by atoms with E-state index in [2.05, 4.69) is 15.6 Å². The Morgan fingerprint density at radius 1 is 1.28 bits per heavy atom. The molecule has 1 aliphatic rings. The number of hydrogen-bond donors (Lipinski definition) is 3. The Hall–Kier alpha value is -2.80. The van der Waals surface area contributed by atoms with Gasteiger partial charge in [0, 0.05) is 11.9 Å². The van der Waals surface area contributed by atoms with Crippen molar-refractivity contribution in [1.82, 2.24) is 4.98 Å². The molecular weight excluding hydrogens is 392 g/mol. The van der Waals surface area contributed by atoms with E-state index in [0.29, 0.717) is 16.5 Å². The number of hydrogen-bond acceptors (Lipinski definition) is 5. The molecule has 1 aliphatic carbocycles. The van der Waals surface area contributed by atoms with E-state index in [1.54, 1.807) is 0 Å². The molecule has 7 nitrogen and oxygen atoms in total. The van der Waals surface area contributed by atoms with E-state index in [0.717, 1.165) is 30.4 Å². The first-order chi connectivity index (χ1) is 13.6. The number of primary amides is 1. The number of nitrogens with zero attached hydrogens (tertiary/aromatic N) is 1. The topological polar surface area (TPSA) is 106 Å². The van der Waals surface area contributed by atoms with Crippen LogP contribution in [-0.2, 0) is 11.2 Å². The highest BCUT2D eigenvalue weighted by atomic mass is 35.5. The molecule has 3 rings (SSSR count). The van der Waals surface area contributed by atoms with Crippen LogP contribution in [-0.4, -0.2) is 22.6 Å². The van der Waals surface area contributed by atoms with Crippen molar-refractivity contribution in [2.75, 3.05) is 10.6 Å². The van der Waals surface area contributed by atoms with E-state index in [9.17, 15) is 9.59 Å². The van der Waals surface area contributed by atoms with Crippen molar-refractivity contribution in [3.8, 4) is 0 Å². The van der Waals surface area contributed by atoms with Crippen molar-refractivity contribution in [2.24, 2.45) is 5.73 Å². The van der Waals surface area contributed by atoms with Gasteiger partial charge in [-0.25, -0.2) is 9.78 Å². The van der Waals surface area contributed by atoms with Crippen LogP contribution in [0.2, 0.25) is 5.02 Å². The quantitative estimate of drug-likeness (QED) is 0.671. The van der Waals surface area contributed by atoms with Crippen molar-refractivity contribution >= 4 is 35.1 Å². The zero-order valence-electron chi connectivity index (χ0n) is 16.7. The van der Waals surface area contributed by atoms with Gasteiger partial charge in [-0.1, -0.05) is 17.7 Å². The number of benzene rings is 1. The fourth-order valence-electron chi connectivity index (χ4n) is 3.31. The van der Waals surface area contributed by atoms with Crippen LogP contribution in [0, 0.1) is 0 Å². The summed E-state index contributed by atoms with van der Waals surface area (Å²) in [6.07, 6.45) is 3.75. The Morgan fingerprint density at radius 2 is 2.03 bits per heavy atom. The molecule has 0 saturated heterocycles. The van der Waals surface area contributed by atoms with Crippen LogP contribution in [0.4, 0.5) is 16.3 Å². The molecule has 1 atom stereocenters. The Morgan fingerprint density at radius 3 is 2.69 bits per heavy atom. The van der Waals surface area contributed by atoms with E-state index in [-0.39, 0.29) is 11.6 Å². The predicted octanol–water partition coefficient (Wildman–Crippen LogP) is 4.67. The molecule has 1 aromatic heterocycles. The Kier molecular flexibility index (Phi) is 5.98. The minimum absolute atomic E-state index is 0.0266. The average molecular weight is 417 g/mol. The first kappa shape index (κ1) is 20.9. The third-order valence-corrected chi connectivity index (χ3v) is 4.83. The van der Waals surface area contributed by atoms with Crippen LogP contribution < -0.4 is 16.4 Å². The van der Waals surface area contributed by atoms with Crippen LogP contribution in [0.3, 0.4) is 0 Å². The lowest BCUT2D eigenvalue weighted by Crippen LogP contribution is -2.27. The molecule has 8 heteroatoms. The standard InChI is InChI=1S/C21H25ClN4O3/c1-21(2,3)29-20(28)25-14-7-8-15-12(9-14)5-4-6-17(15)26-19-16(22)10-13(11-24-19)18(23)27/h7-11,17H,4-6H2,1-3H3,(H2,23,27)(H,24,26)(H,25,28). The maximum atomic E-state index is 12.0. The molecule has 0 fully saturated rings. The molecule has 0 radical (unpaired) electrons. The highest BCUT2D eigenvalue weighted by molar-refractivity contribution is 6.33. The number of ether oxygens (including phenoxy) is 1. The summed E-state index contributed by atoms with van der Waals surface area (Å²) in [6.45, 7) is 5.47. The van der Waals surface area contributed by atoms with Gasteiger partial charge in [0.1, 0.15) is 11.4 Å². The van der Waals surface area contributed by atoms with Crippen molar-refractivity contribution in [2.45, 2.75) is 51.7 Å². The van der Waals surface area contributed by atoms with Gasteiger partial charge in [0.2, 0.25) is 5.91 Å². The molecule has 2 aromatic rings. The van der Waals surface area contributed by atoms with Gasteiger partial charge in [0.05, 0.1) is 16.6 Å². The summed E-state index contributed by atoms with van der Waals surface area (Å²) in [6, 6.07) is 7.35. The molecule has 154 valence electrons. The number of nitrogens with one attached hydrogen (secondary N) is 2. The molecule has 0 saturated carbocycles. The van der Waals surface area contributed by atoms with Gasteiger partial charge in [-0.2, -0.15) is 0 Å². The number of carbonyl (C=O) groups is 2. The maximum Gasteiger partial charge on any atom is 0.412 e. The molecule has 0 bridgehead atoms. The highest BCUT2D eigenvalue weighted by Gasteiger charge is 2.23. The van der Waals surface area contributed by atoms with Gasteiger partial charge < -0.3 is 15.8 Å². The SMILES string of the molecule is CC(C)(C)OC(=O)Nc1ccc2c(c1)CCCC2Nc1ncc(C(N)=O)cc1Cl. The smallest absolute Gasteiger partial charge is 0.412 e. The van der Waals surface area contributed by atoms with Gasteiger partial charge in [-0.3, -0.25) is 10.1 Å². The normalized spacial score (nSPS) is 15.9. The van der Waals surface area contributed by atoms with Gasteiger partial charge in [0.25, 0.3) is 0 Å². The lowest BCUT2D eigenvalue weighted by atomic mass is 9.87. The first-order valence-corrected chi connectivity index (χ1v) is 9.85. The zero-order valence-corrected chi connectivity index (χ0v) is 17.5. The number of halogens is 1. The Balaban J connectivity index is 1.76. The number of nitrogens with two attached hydrogens (primary N) is 1. The summed E-state index contributed by atoms with van der Waals surface area (Å²) in [4.78, 5) is 27.5. The fourth-order valence-corrected chi connectivity index (χ4v) is 3.53. The number of anilines is 2. The molecule has 0 aliphatic heterocycles. The molecular formula is C21H25ClN4O3. The molecule has 1 unspecified atom stereocenters. The molecule has 4 N–H and O–H groups in total. The van der Waals surface area contributed by atoms with Crippen LogP contribution in [0.1, 0.15) is 61.1 Å². The maximum absolute atomic E-state index is 12.0. The van der Waals surface area contributed by atoms with Gasteiger partial charge in [-0.15, -0.1) is 0 Å². The average Bonchev–Trinajstić information content (AvgIpc) is 2.61. The van der Waals surface area contributed by atoms with Crippen LogP contribution in [0.5, 0.6) is 0 Å². The summed E-state index contributed by atoms with van der Waals surface area (Å²) in [5, 5.41) is 6.48. The monoisotopic (exact) mass is 416 g/mol. The Bertz CT molecular complexity index is 940. The predicted molar refractivity (Wildman–Crippen MR) is 113 cm³/mol. The van der Waals surface area contributed by atoms with Crippen molar-refractivity contribution in [3.63, 3.8) is 0 Å². The van der Waals surface area contributed by atoms with Crippen molar-refractivity contribution in [3.05, 3.63) is 52.2 Å².